The van der Waals surface area contributed by atoms with Crippen LogP contribution < -0.4 is 0 Å². The molecule has 1 aliphatic heterocycles. The first-order valence-electron chi connectivity index (χ1n) is 6.52. The van der Waals surface area contributed by atoms with Gasteiger partial charge in [-0.25, -0.2) is 0 Å². The molecule has 0 aromatic rings. The quantitative estimate of drug-likeness (QED) is 0.393. The Morgan fingerprint density at radius 3 is 2.20 bits per heavy atom. The largest absolute Gasteiger partial charge is 0.328 e. The Morgan fingerprint density at radius 1 is 1.00 bits per heavy atom. The van der Waals surface area contributed by atoms with Gasteiger partial charge >= 0.3 is 0 Å². The molecule has 1 rings (SSSR count). The molecule has 0 saturated carbocycles. The number of likely N-dealkylation sites (tertiary alicyclic amines) is 1. The summed E-state index contributed by atoms with van der Waals surface area (Å²) >= 11 is 3.49. The molecule has 0 aliphatic carbocycles. The molecule has 1 nitrogen and oxygen atoms in total. The van der Waals surface area contributed by atoms with Crippen LogP contribution in [0, 0.1) is 5.92 Å². The maximum absolute atomic E-state index is 3.49. The van der Waals surface area contributed by atoms with Crippen molar-refractivity contribution in [2.24, 2.45) is 5.92 Å². The number of rotatable bonds is 6. The highest BCUT2D eigenvalue weighted by molar-refractivity contribution is 9.09. The number of piperidine rings is 1. The van der Waals surface area contributed by atoms with Crippen LogP contribution in [0.15, 0.2) is 0 Å². The molecule has 0 amide bonds. The molecule has 90 valence electrons. The van der Waals surface area contributed by atoms with Gasteiger partial charge in [-0.2, -0.15) is 0 Å². The van der Waals surface area contributed by atoms with Gasteiger partial charge in [-0.05, 0) is 25.2 Å². The molecule has 0 N–H and O–H groups in total. The van der Waals surface area contributed by atoms with Crippen molar-refractivity contribution < 1.29 is 4.48 Å². The van der Waals surface area contributed by atoms with E-state index in [4.69, 9.17) is 0 Å². The summed E-state index contributed by atoms with van der Waals surface area (Å²) < 4.78 is 1.25. The number of hydrogen-bond donors (Lipinski definition) is 0. The van der Waals surface area contributed by atoms with E-state index in [2.05, 4.69) is 30.0 Å². The lowest BCUT2D eigenvalue weighted by atomic mass is 9.90. The third-order valence-corrected chi connectivity index (χ3v) is 4.34. The van der Waals surface area contributed by atoms with Gasteiger partial charge in [0.15, 0.2) is 0 Å². The topological polar surface area (TPSA) is 0 Å². The lowest BCUT2D eigenvalue weighted by Gasteiger charge is -2.37. The Morgan fingerprint density at radius 2 is 1.60 bits per heavy atom. The number of halogens is 1. The van der Waals surface area contributed by atoms with Crippen molar-refractivity contribution in [1.82, 2.24) is 0 Å². The predicted molar refractivity (Wildman–Crippen MR) is 71.4 cm³/mol. The second kappa shape index (κ2) is 6.90. The van der Waals surface area contributed by atoms with Gasteiger partial charge < -0.3 is 4.48 Å². The second-order valence-corrected chi connectivity index (χ2v) is 6.51. The van der Waals surface area contributed by atoms with Crippen molar-refractivity contribution in [3.8, 4) is 0 Å². The fourth-order valence-electron chi connectivity index (χ4n) is 2.49. The van der Waals surface area contributed by atoms with Crippen LogP contribution in [0.4, 0.5) is 0 Å². The summed E-state index contributed by atoms with van der Waals surface area (Å²) in [5, 5.41) is 1.18. The highest BCUT2D eigenvalue weighted by atomic mass is 79.9. The van der Waals surface area contributed by atoms with Crippen molar-refractivity contribution in [2.45, 2.75) is 44.9 Å². The van der Waals surface area contributed by atoms with Gasteiger partial charge in [0.05, 0.1) is 27.2 Å². The zero-order chi connectivity index (χ0) is 11.1. The minimum absolute atomic E-state index is 1.04. The van der Waals surface area contributed by atoms with Crippen LogP contribution in [0.5, 0.6) is 0 Å². The van der Waals surface area contributed by atoms with Crippen molar-refractivity contribution in [2.75, 3.05) is 32.5 Å². The molecule has 2 heteroatoms. The van der Waals surface area contributed by atoms with E-state index < -0.39 is 0 Å². The Kier molecular flexibility index (Phi) is 6.21. The van der Waals surface area contributed by atoms with Gasteiger partial charge in [0.2, 0.25) is 0 Å². The van der Waals surface area contributed by atoms with Crippen LogP contribution in [-0.4, -0.2) is 37.0 Å². The third kappa shape index (κ3) is 5.91. The molecular formula is C13H27BrN+. The first kappa shape index (κ1) is 13.5. The molecule has 0 aromatic carbocycles. The van der Waals surface area contributed by atoms with Crippen LogP contribution >= 0.6 is 15.9 Å². The van der Waals surface area contributed by atoms with Crippen LogP contribution in [0.2, 0.25) is 0 Å². The van der Waals surface area contributed by atoms with E-state index in [0.29, 0.717) is 0 Å². The van der Waals surface area contributed by atoms with Crippen LogP contribution in [0.1, 0.15) is 44.9 Å². The zero-order valence-corrected chi connectivity index (χ0v) is 12.1. The molecule has 0 bridgehead atoms. The molecule has 0 atom stereocenters. The summed E-state index contributed by atoms with van der Waals surface area (Å²) in [4.78, 5) is 0. The third-order valence-electron chi connectivity index (χ3n) is 3.78. The van der Waals surface area contributed by atoms with Gasteiger partial charge in [-0.1, -0.05) is 41.6 Å². The molecule has 1 heterocycles. The van der Waals surface area contributed by atoms with Crippen molar-refractivity contribution >= 4 is 15.9 Å². The van der Waals surface area contributed by atoms with Gasteiger partial charge in [0.1, 0.15) is 0 Å². The number of quaternary nitrogens is 1. The van der Waals surface area contributed by atoms with E-state index in [-0.39, 0.29) is 0 Å². The standard InChI is InChI=1S/C13H27BrN/c1-15(2)11-8-13(9-12-15)7-5-3-4-6-10-14/h13H,3-12H2,1-2H3/q+1. The van der Waals surface area contributed by atoms with E-state index in [9.17, 15) is 0 Å². The van der Waals surface area contributed by atoms with E-state index in [1.165, 1.54) is 67.8 Å². The van der Waals surface area contributed by atoms with Gasteiger partial charge in [-0.15, -0.1) is 0 Å². The number of hydrogen-bond acceptors (Lipinski definition) is 0. The highest BCUT2D eigenvalue weighted by Crippen LogP contribution is 2.25. The zero-order valence-electron chi connectivity index (χ0n) is 10.5. The van der Waals surface area contributed by atoms with E-state index in [0.717, 1.165) is 5.92 Å². The predicted octanol–water partition coefficient (Wildman–Crippen LogP) is 3.82. The lowest BCUT2D eigenvalue weighted by molar-refractivity contribution is -0.896. The Bertz CT molecular complexity index is 158. The first-order valence-corrected chi connectivity index (χ1v) is 7.64. The second-order valence-electron chi connectivity index (χ2n) is 5.72. The number of nitrogens with zero attached hydrogens (tertiary/aromatic N) is 1. The van der Waals surface area contributed by atoms with Crippen LogP contribution in [0.25, 0.3) is 0 Å². The maximum atomic E-state index is 3.49. The van der Waals surface area contributed by atoms with Crippen molar-refractivity contribution in [3.63, 3.8) is 0 Å². The summed E-state index contributed by atoms with van der Waals surface area (Å²) in [6.07, 6.45) is 10.1. The molecule has 1 aliphatic rings. The van der Waals surface area contributed by atoms with Gasteiger partial charge in [-0.3, -0.25) is 0 Å². The van der Waals surface area contributed by atoms with E-state index in [1.54, 1.807) is 0 Å². The molecule has 0 unspecified atom stereocenters. The Labute approximate surface area is 104 Å². The minimum atomic E-state index is 1.04. The SMILES string of the molecule is C[N+]1(C)CCC(CCCCCCBr)CC1. The average Bonchev–Trinajstić information content (AvgIpc) is 2.20. The monoisotopic (exact) mass is 276 g/mol. The fraction of sp³-hybridized carbons (Fsp3) is 1.00. The first-order chi connectivity index (χ1) is 7.14. The van der Waals surface area contributed by atoms with E-state index in [1.807, 2.05) is 0 Å². The molecule has 0 radical (unpaired) electrons. The summed E-state index contributed by atoms with van der Waals surface area (Å²) in [7, 11) is 4.73. The van der Waals surface area contributed by atoms with Crippen LogP contribution in [-0.2, 0) is 0 Å². The van der Waals surface area contributed by atoms with Crippen molar-refractivity contribution in [1.29, 1.82) is 0 Å². The average molecular weight is 277 g/mol. The summed E-state index contributed by atoms with van der Waals surface area (Å²) in [6, 6.07) is 0. The molecule has 15 heavy (non-hydrogen) atoms. The molecule has 1 saturated heterocycles. The molecule has 0 aromatic heterocycles. The van der Waals surface area contributed by atoms with Gasteiger partial charge in [0.25, 0.3) is 0 Å². The normalized spacial score (nSPS) is 21.8. The molecule has 0 spiro atoms. The van der Waals surface area contributed by atoms with E-state index >= 15 is 0 Å². The van der Waals surface area contributed by atoms with Crippen molar-refractivity contribution in [3.05, 3.63) is 0 Å². The van der Waals surface area contributed by atoms with Crippen LogP contribution in [0.3, 0.4) is 0 Å². The number of alkyl halides is 1. The summed E-state index contributed by atoms with van der Waals surface area (Å²) in [5.41, 5.74) is 0. The highest BCUT2D eigenvalue weighted by Gasteiger charge is 2.25. The summed E-state index contributed by atoms with van der Waals surface area (Å²) in [6.45, 7) is 2.79. The molecular weight excluding hydrogens is 250 g/mol. The number of unbranched alkanes of at least 4 members (excludes halogenated alkanes) is 3. The lowest BCUT2D eigenvalue weighted by Crippen LogP contribution is -2.46. The maximum Gasteiger partial charge on any atom is 0.0785 e. The van der Waals surface area contributed by atoms with Gasteiger partial charge in [0, 0.05) is 5.33 Å². The Balaban J connectivity index is 1.99. The smallest absolute Gasteiger partial charge is 0.0785 e. The minimum Gasteiger partial charge on any atom is -0.328 e. The summed E-state index contributed by atoms with van der Waals surface area (Å²) in [5.74, 6) is 1.04. The molecule has 1 fully saturated rings. The Hall–Kier alpha value is 0.440. The fourth-order valence-corrected chi connectivity index (χ4v) is 2.89.